The maximum Gasteiger partial charge on any atom is 0.271 e. The van der Waals surface area contributed by atoms with E-state index in [4.69, 9.17) is 5.10 Å². The second kappa shape index (κ2) is 6.49. The monoisotopic (exact) mass is 366 g/mol. The Labute approximate surface area is 155 Å². The van der Waals surface area contributed by atoms with Gasteiger partial charge in [-0.05, 0) is 31.2 Å². The number of hydrogen-bond donors (Lipinski definition) is 1. The van der Waals surface area contributed by atoms with Gasteiger partial charge >= 0.3 is 0 Å². The zero-order valence-electron chi connectivity index (χ0n) is 14.5. The third kappa shape index (κ3) is 2.64. The van der Waals surface area contributed by atoms with E-state index in [0.717, 1.165) is 46.9 Å². The summed E-state index contributed by atoms with van der Waals surface area (Å²) in [6, 6.07) is 13.1. The van der Waals surface area contributed by atoms with Gasteiger partial charge < -0.3 is 5.32 Å². The lowest BCUT2D eigenvalue weighted by atomic mass is 10.1. The van der Waals surface area contributed by atoms with E-state index in [0.29, 0.717) is 0 Å². The number of thioether (sulfide) groups is 1. The number of anilines is 1. The maximum absolute atomic E-state index is 11.2. The second-order valence-corrected chi connectivity index (χ2v) is 7.04. The van der Waals surface area contributed by atoms with Crippen LogP contribution in [0.2, 0.25) is 0 Å². The Morgan fingerprint density at radius 1 is 1.27 bits per heavy atom. The van der Waals surface area contributed by atoms with Crippen molar-refractivity contribution in [1.29, 1.82) is 0 Å². The summed E-state index contributed by atoms with van der Waals surface area (Å²) in [6.07, 6.45) is 2.94. The molecule has 4 rings (SSSR count). The summed E-state index contributed by atoms with van der Waals surface area (Å²) in [5, 5.41) is 19.5. The molecule has 2 aromatic carbocycles. The lowest BCUT2D eigenvalue weighted by Gasteiger charge is -2.09. The molecule has 132 valence electrons. The minimum Gasteiger partial charge on any atom is -0.369 e. The first-order valence-corrected chi connectivity index (χ1v) is 9.57. The molecule has 3 aromatic rings. The van der Waals surface area contributed by atoms with E-state index in [1.165, 1.54) is 11.0 Å². The van der Waals surface area contributed by atoms with Gasteiger partial charge in [0.25, 0.3) is 5.69 Å². The van der Waals surface area contributed by atoms with Crippen molar-refractivity contribution < 1.29 is 4.92 Å². The predicted molar refractivity (Wildman–Crippen MR) is 104 cm³/mol. The van der Waals surface area contributed by atoms with Crippen LogP contribution >= 0.6 is 11.8 Å². The van der Waals surface area contributed by atoms with Crippen LogP contribution in [-0.2, 0) is 6.42 Å². The van der Waals surface area contributed by atoms with Gasteiger partial charge in [-0.1, -0.05) is 24.3 Å². The molecular weight excluding hydrogens is 348 g/mol. The third-order valence-electron chi connectivity index (χ3n) is 4.64. The molecular formula is C19H18N4O2S. The van der Waals surface area contributed by atoms with Gasteiger partial charge in [0, 0.05) is 34.7 Å². The van der Waals surface area contributed by atoms with Crippen LogP contribution in [0.1, 0.15) is 11.1 Å². The number of nitro benzene ring substituents is 1. The number of non-ortho nitro benzene ring substituents is 1. The highest BCUT2D eigenvalue weighted by molar-refractivity contribution is 7.98. The summed E-state index contributed by atoms with van der Waals surface area (Å²) >= 11 is 1.69. The van der Waals surface area contributed by atoms with Crippen LogP contribution in [0.25, 0.3) is 16.9 Å². The smallest absolute Gasteiger partial charge is 0.271 e. The molecule has 0 radical (unpaired) electrons. The molecule has 0 saturated carbocycles. The predicted octanol–water partition coefficient (Wildman–Crippen LogP) is 4.45. The van der Waals surface area contributed by atoms with Crippen molar-refractivity contribution >= 4 is 23.3 Å². The van der Waals surface area contributed by atoms with E-state index in [2.05, 4.69) is 23.7 Å². The van der Waals surface area contributed by atoms with Gasteiger partial charge in [0.05, 0.1) is 16.3 Å². The number of aromatic nitrogens is 2. The SMILES string of the molecule is CSc1ccccc1-c1nn(-c2cc([N+](=O)[O-])ccc2C)c2c1CCN2. The fourth-order valence-electron chi connectivity index (χ4n) is 3.35. The lowest BCUT2D eigenvalue weighted by molar-refractivity contribution is -0.384. The first-order chi connectivity index (χ1) is 12.6. The third-order valence-corrected chi connectivity index (χ3v) is 5.44. The van der Waals surface area contributed by atoms with Crippen molar-refractivity contribution in [3.63, 3.8) is 0 Å². The van der Waals surface area contributed by atoms with Crippen LogP contribution in [0.4, 0.5) is 11.5 Å². The molecule has 0 saturated heterocycles. The average molecular weight is 366 g/mol. The maximum atomic E-state index is 11.2. The zero-order chi connectivity index (χ0) is 18.3. The van der Waals surface area contributed by atoms with Crippen molar-refractivity contribution in [2.45, 2.75) is 18.2 Å². The summed E-state index contributed by atoms with van der Waals surface area (Å²) in [5.41, 5.74) is 4.95. The zero-order valence-corrected chi connectivity index (χ0v) is 15.3. The van der Waals surface area contributed by atoms with Crippen LogP contribution in [0.5, 0.6) is 0 Å². The highest BCUT2D eigenvalue weighted by Crippen LogP contribution is 2.38. The van der Waals surface area contributed by atoms with Crippen LogP contribution in [0.3, 0.4) is 0 Å². The Bertz CT molecular complexity index is 1010. The van der Waals surface area contributed by atoms with E-state index in [-0.39, 0.29) is 10.6 Å². The number of fused-ring (bicyclic) bond motifs is 1. The van der Waals surface area contributed by atoms with Gasteiger partial charge in [-0.15, -0.1) is 11.8 Å². The molecule has 0 amide bonds. The number of aryl methyl sites for hydroxylation is 1. The fourth-order valence-corrected chi connectivity index (χ4v) is 3.94. The van der Waals surface area contributed by atoms with Gasteiger partial charge in [-0.3, -0.25) is 10.1 Å². The van der Waals surface area contributed by atoms with Crippen molar-refractivity contribution in [3.8, 4) is 16.9 Å². The second-order valence-electron chi connectivity index (χ2n) is 6.19. The Kier molecular flexibility index (Phi) is 4.16. The van der Waals surface area contributed by atoms with Crippen LogP contribution in [0.15, 0.2) is 47.4 Å². The largest absolute Gasteiger partial charge is 0.369 e. The topological polar surface area (TPSA) is 73.0 Å². The molecule has 1 aliphatic rings. The van der Waals surface area contributed by atoms with Crippen molar-refractivity contribution in [2.75, 3.05) is 18.1 Å². The number of hydrogen-bond acceptors (Lipinski definition) is 5. The van der Waals surface area contributed by atoms with E-state index >= 15 is 0 Å². The van der Waals surface area contributed by atoms with Crippen LogP contribution in [0, 0.1) is 17.0 Å². The lowest BCUT2D eigenvalue weighted by Crippen LogP contribution is -2.06. The molecule has 0 aliphatic carbocycles. The summed E-state index contributed by atoms with van der Waals surface area (Å²) in [4.78, 5) is 12.0. The molecule has 0 fully saturated rings. The molecule has 1 N–H and O–H groups in total. The van der Waals surface area contributed by atoms with Crippen molar-refractivity contribution in [3.05, 3.63) is 63.7 Å². The van der Waals surface area contributed by atoms with Crippen molar-refractivity contribution in [2.24, 2.45) is 0 Å². The first kappa shape index (κ1) is 16.7. The molecule has 26 heavy (non-hydrogen) atoms. The number of rotatable bonds is 4. The Morgan fingerprint density at radius 3 is 2.85 bits per heavy atom. The highest BCUT2D eigenvalue weighted by Gasteiger charge is 2.26. The Morgan fingerprint density at radius 2 is 2.08 bits per heavy atom. The minimum absolute atomic E-state index is 0.0684. The van der Waals surface area contributed by atoms with E-state index in [9.17, 15) is 10.1 Å². The molecule has 2 heterocycles. The molecule has 1 aromatic heterocycles. The average Bonchev–Trinajstić information content (AvgIpc) is 3.24. The molecule has 1 aliphatic heterocycles. The summed E-state index contributed by atoms with van der Waals surface area (Å²) in [6.45, 7) is 2.78. The number of nitro groups is 1. The van der Waals surface area contributed by atoms with Gasteiger partial charge in [-0.2, -0.15) is 5.10 Å². The van der Waals surface area contributed by atoms with Crippen molar-refractivity contribution in [1.82, 2.24) is 9.78 Å². The first-order valence-electron chi connectivity index (χ1n) is 8.34. The fraction of sp³-hybridized carbons (Fsp3) is 0.211. The molecule has 0 bridgehead atoms. The summed E-state index contributed by atoms with van der Waals surface area (Å²) in [7, 11) is 0. The van der Waals surface area contributed by atoms with Crippen LogP contribution < -0.4 is 5.32 Å². The van der Waals surface area contributed by atoms with Gasteiger partial charge in [0.1, 0.15) is 5.82 Å². The highest BCUT2D eigenvalue weighted by atomic mass is 32.2. The van der Waals surface area contributed by atoms with E-state index in [1.54, 1.807) is 23.9 Å². The van der Waals surface area contributed by atoms with Crippen LogP contribution in [-0.4, -0.2) is 27.5 Å². The number of nitrogens with zero attached hydrogens (tertiary/aromatic N) is 3. The summed E-state index contributed by atoms with van der Waals surface area (Å²) in [5.74, 6) is 0.930. The van der Waals surface area contributed by atoms with E-state index < -0.39 is 0 Å². The molecule has 7 heteroatoms. The molecule has 0 unspecified atom stereocenters. The normalized spacial score (nSPS) is 12.7. The minimum atomic E-state index is -0.371. The molecule has 6 nitrogen and oxygen atoms in total. The van der Waals surface area contributed by atoms with Gasteiger partial charge in [-0.25, -0.2) is 4.68 Å². The standard InChI is InChI=1S/C19H18N4O2S/c1-12-7-8-13(23(24)25)11-16(12)22-19-15(9-10-20-19)18(21-22)14-5-3-4-6-17(14)26-2/h3-8,11,20H,9-10H2,1-2H3. The molecule has 0 spiro atoms. The number of benzene rings is 2. The Balaban J connectivity index is 1.93. The number of nitrogens with one attached hydrogen (secondary N) is 1. The molecule has 0 atom stereocenters. The van der Waals surface area contributed by atoms with Gasteiger partial charge in [0.2, 0.25) is 0 Å². The summed E-state index contributed by atoms with van der Waals surface area (Å²) < 4.78 is 1.82. The Hall–Kier alpha value is -2.80. The van der Waals surface area contributed by atoms with Gasteiger partial charge in [0.15, 0.2) is 0 Å². The quantitative estimate of drug-likeness (QED) is 0.420. The van der Waals surface area contributed by atoms with E-state index in [1.807, 2.05) is 23.7 Å².